The number of nitrogens with zero attached hydrogens (tertiary/aromatic N) is 2. The number of likely N-dealkylation sites (tertiary alicyclic amines) is 1. The minimum atomic E-state index is 0.0582. The Labute approximate surface area is 156 Å². The molecule has 1 aliphatic carbocycles. The molecule has 3 aliphatic rings. The number of carbonyl (C=O) groups is 1. The van der Waals surface area contributed by atoms with Crippen LogP contribution in [0.2, 0.25) is 0 Å². The molecule has 2 unspecified atom stereocenters. The molecule has 2 heterocycles. The zero-order valence-corrected chi connectivity index (χ0v) is 15.6. The van der Waals surface area contributed by atoms with E-state index in [1.54, 1.807) is 0 Å². The molecule has 1 N–H and O–H groups in total. The normalized spacial score (nSPS) is 24.5. The number of ether oxygens (including phenoxy) is 1. The van der Waals surface area contributed by atoms with Crippen molar-refractivity contribution >= 4 is 6.03 Å². The molecule has 1 aromatic rings. The lowest BCUT2D eigenvalue weighted by Gasteiger charge is -2.30. The third kappa shape index (κ3) is 4.57. The lowest BCUT2D eigenvalue weighted by Crippen LogP contribution is -2.47. The van der Waals surface area contributed by atoms with Gasteiger partial charge >= 0.3 is 6.03 Å². The Balaban J connectivity index is 1.43. The molecule has 0 radical (unpaired) electrons. The second kappa shape index (κ2) is 8.40. The van der Waals surface area contributed by atoms with Gasteiger partial charge in [0.25, 0.3) is 0 Å². The predicted octanol–water partition coefficient (Wildman–Crippen LogP) is 3.03. The Bertz CT molecular complexity index is 578. The summed E-state index contributed by atoms with van der Waals surface area (Å²) in [5, 5.41) is 3.36. The molecule has 0 bridgehead atoms. The van der Waals surface area contributed by atoms with Crippen molar-refractivity contribution in [1.82, 2.24) is 15.1 Å². The van der Waals surface area contributed by atoms with Crippen molar-refractivity contribution in [2.45, 2.75) is 44.2 Å². The summed E-state index contributed by atoms with van der Waals surface area (Å²) >= 11 is 0. The van der Waals surface area contributed by atoms with Gasteiger partial charge in [0.1, 0.15) is 0 Å². The first-order valence-corrected chi connectivity index (χ1v) is 10.2. The SMILES string of the molecule is O=C(NC(CN1CCCC1)c1ccccc1)N(CC1CCOC1)C1CC1. The molecule has 5 heteroatoms. The average Bonchev–Trinajstić information content (AvgIpc) is 3.14. The quantitative estimate of drug-likeness (QED) is 0.816. The largest absolute Gasteiger partial charge is 0.381 e. The van der Waals surface area contributed by atoms with Gasteiger partial charge in [-0.15, -0.1) is 0 Å². The minimum absolute atomic E-state index is 0.0582. The van der Waals surface area contributed by atoms with Crippen LogP contribution < -0.4 is 5.32 Å². The van der Waals surface area contributed by atoms with E-state index in [4.69, 9.17) is 4.74 Å². The van der Waals surface area contributed by atoms with Gasteiger partial charge in [0.2, 0.25) is 0 Å². The summed E-state index contributed by atoms with van der Waals surface area (Å²) in [5.74, 6) is 0.495. The summed E-state index contributed by atoms with van der Waals surface area (Å²) in [4.78, 5) is 17.7. The summed E-state index contributed by atoms with van der Waals surface area (Å²) in [7, 11) is 0. The van der Waals surface area contributed by atoms with Crippen LogP contribution in [0.25, 0.3) is 0 Å². The molecule has 1 saturated carbocycles. The molecular formula is C21H31N3O2. The van der Waals surface area contributed by atoms with E-state index in [2.05, 4.69) is 39.4 Å². The van der Waals surface area contributed by atoms with Gasteiger partial charge in [-0.05, 0) is 50.8 Å². The molecular weight excluding hydrogens is 326 g/mol. The van der Waals surface area contributed by atoms with E-state index in [0.717, 1.165) is 58.7 Å². The lowest BCUT2D eigenvalue weighted by atomic mass is 10.1. The summed E-state index contributed by atoms with van der Waals surface area (Å²) in [6.07, 6.45) is 5.90. The third-order valence-corrected chi connectivity index (χ3v) is 5.87. The molecule has 5 nitrogen and oxygen atoms in total. The minimum Gasteiger partial charge on any atom is -0.381 e. The van der Waals surface area contributed by atoms with Crippen molar-refractivity contribution < 1.29 is 9.53 Å². The van der Waals surface area contributed by atoms with Gasteiger partial charge in [0.15, 0.2) is 0 Å². The third-order valence-electron chi connectivity index (χ3n) is 5.87. The van der Waals surface area contributed by atoms with Gasteiger partial charge in [-0.3, -0.25) is 0 Å². The van der Waals surface area contributed by atoms with E-state index >= 15 is 0 Å². The average molecular weight is 357 g/mol. The summed E-state index contributed by atoms with van der Waals surface area (Å²) in [6, 6.07) is 11.0. The number of hydrogen-bond acceptors (Lipinski definition) is 3. The molecule has 4 rings (SSSR count). The van der Waals surface area contributed by atoms with E-state index in [1.807, 2.05) is 6.07 Å². The summed E-state index contributed by atoms with van der Waals surface area (Å²) in [6.45, 7) is 5.66. The fraction of sp³-hybridized carbons (Fsp3) is 0.667. The zero-order chi connectivity index (χ0) is 17.8. The molecule has 2 amide bonds. The van der Waals surface area contributed by atoms with Crippen LogP contribution >= 0.6 is 0 Å². The van der Waals surface area contributed by atoms with Crippen LogP contribution in [0.4, 0.5) is 4.79 Å². The Hall–Kier alpha value is -1.59. The fourth-order valence-electron chi connectivity index (χ4n) is 4.16. The monoisotopic (exact) mass is 357 g/mol. The molecule has 2 saturated heterocycles. The molecule has 26 heavy (non-hydrogen) atoms. The van der Waals surface area contributed by atoms with Crippen molar-refractivity contribution in [3.8, 4) is 0 Å². The highest BCUT2D eigenvalue weighted by Crippen LogP contribution is 2.29. The van der Waals surface area contributed by atoms with Gasteiger partial charge in [0.05, 0.1) is 12.6 Å². The standard InChI is InChI=1S/C21H31N3O2/c25-21(24(19-8-9-19)14-17-10-13-26-16-17)22-20(15-23-11-4-5-12-23)18-6-2-1-3-7-18/h1-3,6-7,17,19-20H,4-5,8-16H2,(H,22,25). The van der Waals surface area contributed by atoms with Crippen molar-refractivity contribution in [3.05, 3.63) is 35.9 Å². The number of carbonyl (C=O) groups excluding carboxylic acids is 1. The molecule has 0 aromatic heterocycles. The van der Waals surface area contributed by atoms with Crippen LogP contribution in [0.5, 0.6) is 0 Å². The number of amides is 2. The lowest BCUT2D eigenvalue weighted by molar-refractivity contribution is 0.158. The first kappa shape index (κ1) is 17.8. The maximum absolute atomic E-state index is 13.1. The predicted molar refractivity (Wildman–Crippen MR) is 102 cm³/mol. The maximum atomic E-state index is 13.1. The number of benzene rings is 1. The van der Waals surface area contributed by atoms with Crippen molar-refractivity contribution in [3.63, 3.8) is 0 Å². The van der Waals surface area contributed by atoms with Crippen LogP contribution in [0.3, 0.4) is 0 Å². The smallest absolute Gasteiger partial charge is 0.318 e. The Morgan fingerprint density at radius 1 is 1.19 bits per heavy atom. The fourth-order valence-corrected chi connectivity index (χ4v) is 4.16. The summed E-state index contributed by atoms with van der Waals surface area (Å²) < 4.78 is 5.51. The van der Waals surface area contributed by atoms with Crippen molar-refractivity contribution in [2.24, 2.45) is 5.92 Å². The Morgan fingerprint density at radius 2 is 1.96 bits per heavy atom. The van der Waals surface area contributed by atoms with Gasteiger partial charge in [-0.1, -0.05) is 30.3 Å². The highest BCUT2D eigenvalue weighted by molar-refractivity contribution is 5.75. The molecule has 2 atom stereocenters. The van der Waals surface area contributed by atoms with Gasteiger partial charge in [0, 0.05) is 31.7 Å². The van der Waals surface area contributed by atoms with Crippen LogP contribution in [0.1, 0.15) is 43.7 Å². The van der Waals surface area contributed by atoms with Crippen LogP contribution in [-0.4, -0.2) is 61.3 Å². The van der Waals surface area contributed by atoms with Gasteiger partial charge in [-0.2, -0.15) is 0 Å². The van der Waals surface area contributed by atoms with Crippen molar-refractivity contribution in [1.29, 1.82) is 0 Å². The number of urea groups is 1. The number of hydrogen-bond donors (Lipinski definition) is 1. The molecule has 0 spiro atoms. The molecule has 3 fully saturated rings. The Morgan fingerprint density at radius 3 is 2.62 bits per heavy atom. The highest BCUT2D eigenvalue weighted by atomic mass is 16.5. The van der Waals surface area contributed by atoms with E-state index in [9.17, 15) is 4.79 Å². The van der Waals surface area contributed by atoms with E-state index in [0.29, 0.717) is 12.0 Å². The van der Waals surface area contributed by atoms with Gasteiger partial charge in [-0.25, -0.2) is 4.79 Å². The second-order valence-corrected chi connectivity index (χ2v) is 8.03. The maximum Gasteiger partial charge on any atom is 0.318 e. The van der Waals surface area contributed by atoms with E-state index in [1.165, 1.54) is 18.4 Å². The topological polar surface area (TPSA) is 44.8 Å². The van der Waals surface area contributed by atoms with Crippen LogP contribution in [0, 0.1) is 5.92 Å². The highest BCUT2D eigenvalue weighted by Gasteiger charge is 2.35. The van der Waals surface area contributed by atoms with Crippen LogP contribution in [-0.2, 0) is 4.74 Å². The number of nitrogens with one attached hydrogen (secondary N) is 1. The zero-order valence-electron chi connectivity index (χ0n) is 15.6. The second-order valence-electron chi connectivity index (χ2n) is 8.03. The molecule has 1 aromatic carbocycles. The van der Waals surface area contributed by atoms with E-state index in [-0.39, 0.29) is 12.1 Å². The van der Waals surface area contributed by atoms with E-state index < -0.39 is 0 Å². The Kier molecular flexibility index (Phi) is 5.75. The van der Waals surface area contributed by atoms with Crippen molar-refractivity contribution in [2.75, 3.05) is 39.4 Å². The number of rotatable bonds is 7. The molecule has 142 valence electrons. The first-order valence-electron chi connectivity index (χ1n) is 10.2. The van der Waals surface area contributed by atoms with Crippen LogP contribution in [0.15, 0.2) is 30.3 Å². The van der Waals surface area contributed by atoms with Gasteiger partial charge < -0.3 is 19.9 Å². The summed E-state index contributed by atoms with van der Waals surface area (Å²) in [5.41, 5.74) is 1.20. The molecule has 2 aliphatic heterocycles. The first-order chi connectivity index (χ1) is 12.8.